The van der Waals surface area contributed by atoms with E-state index in [-0.39, 0.29) is 0 Å². The van der Waals surface area contributed by atoms with Crippen LogP contribution in [0.15, 0.2) is 23.3 Å². The largest absolute Gasteiger partial charge is 0.390 e. The predicted molar refractivity (Wildman–Crippen MR) is 96.1 cm³/mol. The van der Waals surface area contributed by atoms with Crippen LogP contribution in [0.3, 0.4) is 0 Å². The van der Waals surface area contributed by atoms with E-state index in [9.17, 15) is 5.11 Å². The highest BCUT2D eigenvalue weighted by atomic mass is 16.3. The Morgan fingerprint density at radius 2 is 1.87 bits per heavy atom. The van der Waals surface area contributed by atoms with Crippen molar-refractivity contribution in [2.24, 2.45) is 28.6 Å². The van der Waals surface area contributed by atoms with E-state index in [0.717, 1.165) is 24.7 Å². The number of aliphatic hydroxyl groups is 1. The molecule has 0 spiro atoms. The maximum absolute atomic E-state index is 10.6. The zero-order valence-electron chi connectivity index (χ0n) is 15.5. The lowest BCUT2D eigenvalue weighted by Gasteiger charge is -2.57. The highest BCUT2D eigenvalue weighted by Gasteiger charge is 2.56. The van der Waals surface area contributed by atoms with Gasteiger partial charge in [0.15, 0.2) is 0 Å². The van der Waals surface area contributed by atoms with Gasteiger partial charge in [-0.2, -0.15) is 0 Å². The van der Waals surface area contributed by atoms with Crippen molar-refractivity contribution in [1.29, 1.82) is 0 Å². The predicted octanol–water partition coefficient (Wildman–Crippen LogP) is 5.65. The van der Waals surface area contributed by atoms with Crippen molar-refractivity contribution >= 4 is 0 Å². The zero-order chi connectivity index (χ0) is 16.5. The van der Waals surface area contributed by atoms with E-state index < -0.39 is 5.60 Å². The molecule has 3 saturated carbocycles. The van der Waals surface area contributed by atoms with Crippen molar-refractivity contribution in [2.75, 3.05) is 0 Å². The van der Waals surface area contributed by atoms with Crippen LogP contribution in [0.2, 0.25) is 0 Å². The summed E-state index contributed by atoms with van der Waals surface area (Å²) in [5.74, 6) is 2.38. The Bertz CT molecular complexity index is 569. The van der Waals surface area contributed by atoms with Crippen LogP contribution < -0.4 is 0 Å². The van der Waals surface area contributed by atoms with Crippen molar-refractivity contribution in [3.05, 3.63) is 23.3 Å². The van der Waals surface area contributed by atoms with Crippen LogP contribution in [0.4, 0.5) is 0 Å². The first-order chi connectivity index (χ1) is 10.8. The number of hydrogen-bond acceptors (Lipinski definition) is 1. The van der Waals surface area contributed by atoms with Gasteiger partial charge in [-0.15, -0.1) is 0 Å². The van der Waals surface area contributed by atoms with Gasteiger partial charge in [-0.25, -0.2) is 0 Å². The third-order valence-corrected chi connectivity index (χ3v) is 8.51. The zero-order valence-corrected chi connectivity index (χ0v) is 15.5. The van der Waals surface area contributed by atoms with Gasteiger partial charge >= 0.3 is 0 Å². The molecule has 23 heavy (non-hydrogen) atoms. The van der Waals surface area contributed by atoms with E-state index in [4.69, 9.17) is 0 Å². The normalized spacial score (nSPS) is 54.2. The minimum Gasteiger partial charge on any atom is -0.390 e. The Kier molecular flexibility index (Phi) is 3.45. The van der Waals surface area contributed by atoms with Gasteiger partial charge in [0.25, 0.3) is 0 Å². The molecule has 0 amide bonds. The monoisotopic (exact) mass is 314 g/mol. The van der Waals surface area contributed by atoms with E-state index in [1.54, 1.807) is 11.1 Å². The first kappa shape index (κ1) is 15.9. The summed E-state index contributed by atoms with van der Waals surface area (Å²) < 4.78 is 0. The van der Waals surface area contributed by atoms with Crippen molar-refractivity contribution in [1.82, 2.24) is 0 Å². The highest BCUT2D eigenvalue weighted by Crippen LogP contribution is 2.65. The van der Waals surface area contributed by atoms with E-state index in [0.29, 0.717) is 16.7 Å². The minimum atomic E-state index is -0.424. The Morgan fingerprint density at radius 1 is 1.09 bits per heavy atom. The molecule has 6 atom stereocenters. The third kappa shape index (κ3) is 2.15. The molecule has 0 unspecified atom stereocenters. The second-order valence-electron chi connectivity index (χ2n) is 9.74. The Labute approximate surface area is 142 Å². The number of hydrogen-bond donors (Lipinski definition) is 1. The maximum atomic E-state index is 10.6. The van der Waals surface area contributed by atoms with Crippen LogP contribution in [0.5, 0.6) is 0 Å². The van der Waals surface area contributed by atoms with Crippen molar-refractivity contribution in [3.63, 3.8) is 0 Å². The highest BCUT2D eigenvalue weighted by molar-refractivity contribution is 5.34. The summed E-state index contributed by atoms with van der Waals surface area (Å²) in [6.45, 7) is 9.36. The molecule has 0 aromatic rings. The van der Waals surface area contributed by atoms with Crippen molar-refractivity contribution in [2.45, 2.75) is 84.7 Å². The standard InChI is InChI=1S/C22H34O/c1-5-15-7-9-18-17-8-6-16-14-20(2,23)12-13-22(16,4)19(17)10-11-21(15,18)3/h5,10,16-18,23H,6-9,11-14H2,1-4H3/b15-5-/t16-,17+,18+,20-,21-,22+/m1/s1. The van der Waals surface area contributed by atoms with E-state index in [2.05, 4.69) is 39.8 Å². The summed E-state index contributed by atoms with van der Waals surface area (Å²) in [7, 11) is 0. The fraction of sp³-hybridized carbons (Fsp3) is 0.818. The summed E-state index contributed by atoms with van der Waals surface area (Å²) in [4.78, 5) is 0. The number of allylic oxidation sites excluding steroid dienone is 4. The van der Waals surface area contributed by atoms with Gasteiger partial charge in [0.1, 0.15) is 0 Å². The van der Waals surface area contributed by atoms with E-state index in [1.807, 2.05) is 0 Å². The molecule has 4 aliphatic rings. The number of rotatable bonds is 0. The van der Waals surface area contributed by atoms with Gasteiger partial charge in [-0.3, -0.25) is 0 Å². The quantitative estimate of drug-likeness (QED) is 0.573. The molecule has 4 aliphatic carbocycles. The van der Waals surface area contributed by atoms with Gasteiger partial charge < -0.3 is 5.11 Å². The minimum absolute atomic E-state index is 0.366. The molecule has 0 heterocycles. The molecule has 1 N–H and O–H groups in total. The SMILES string of the molecule is C/C=C1/CC[C@H]2[C@@H]3CC[C@@H]4C[C@](C)(O)CC[C@]4(C)C3=CC[C@]12C. The van der Waals surface area contributed by atoms with Crippen molar-refractivity contribution in [3.8, 4) is 0 Å². The summed E-state index contributed by atoms with van der Waals surface area (Å²) >= 11 is 0. The molecular weight excluding hydrogens is 280 g/mol. The van der Waals surface area contributed by atoms with Gasteiger partial charge in [-0.1, -0.05) is 37.1 Å². The van der Waals surface area contributed by atoms with Crippen LogP contribution in [-0.4, -0.2) is 10.7 Å². The molecule has 128 valence electrons. The smallest absolute Gasteiger partial charge is 0.0623 e. The molecule has 0 saturated heterocycles. The van der Waals surface area contributed by atoms with Crippen LogP contribution >= 0.6 is 0 Å². The maximum Gasteiger partial charge on any atom is 0.0623 e. The Hall–Kier alpha value is -0.560. The Morgan fingerprint density at radius 3 is 2.61 bits per heavy atom. The van der Waals surface area contributed by atoms with Crippen LogP contribution in [-0.2, 0) is 0 Å². The number of fused-ring (bicyclic) bond motifs is 5. The molecule has 0 radical (unpaired) electrons. The molecular formula is C22H34O. The molecule has 0 bridgehead atoms. The summed E-state index contributed by atoms with van der Waals surface area (Å²) in [6.07, 6.45) is 14.9. The average Bonchev–Trinajstić information content (AvgIpc) is 2.84. The van der Waals surface area contributed by atoms with Crippen LogP contribution in [0, 0.1) is 28.6 Å². The van der Waals surface area contributed by atoms with E-state index in [1.165, 1.54) is 38.5 Å². The second-order valence-corrected chi connectivity index (χ2v) is 9.74. The molecule has 1 nitrogen and oxygen atoms in total. The molecule has 1 heteroatoms. The van der Waals surface area contributed by atoms with E-state index >= 15 is 0 Å². The fourth-order valence-corrected chi connectivity index (χ4v) is 7.03. The molecule has 3 fully saturated rings. The van der Waals surface area contributed by atoms with Crippen molar-refractivity contribution < 1.29 is 5.11 Å². The lowest BCUT2D eigenvalue weighted by Crippen LogP contribution is -2.50. The average molecular weight is 315 g/mol. The van der Waals surface area contributed by atoms with Gasteiger partial charge in [0, 0.05) is 0 Å². The first-order valence-corrected chi connectivity index (χ1v) is 9.89. The van der Waals surface area contributed by atoms with Crippen LogP contribution in [0.1, 0.15) is 79.1 Å². The van der Waals surface area contributed by atoms with Gasteiger partial charge in [-0.05, 0) is 93.8 Å². The second kappa shape index (κ2) is 4.97. The topological polar surface area (TPSA) is 20.2 Å². The Balaban J connectivity index is 1.70. The summed E-state index contributed by atoms with van der Waals surface area (Å²) in [6, 6.07) is 0. The van der Waals surface area contributed by atoms with Crippen LogP contribution in [0.25, 0.3) is 0 Å². The fourth-order valence-electron chi connectivity index (χ4n) is 7.03. The summed E-state index contributed by atoms with van der Waals surface area (Å²) in [5.41, 5.74) is 3.89. The first-order valence-electron chi connectivity index (χ1n) is 9.89. The lowest BCUT2D eigenvalue weighted by atomic mass is 9.48. The summed E-state index contributed by atoms with van der Waals surface area (Å²) in [5, 5.41) is 10.6. The molecule has 0 aromatic heterocycles. The lowest BCUT2D eigenvalue weighted by molar-refractivity contribution is -0.0613. The molecule has 4 rings (SSSR count). The van der Waals surface area contributed by atoms with Gasteiger partial charge in [0.05, 0.1) is 5.60 Å². The van der Waals surface area contributed by atoms with Gasteiger partial charge in [0.2, 0.25) is 0 Å². The third-order valence-electron chi connectivity index (χ3n) is 8.51. The molecule has 0 aromatic carbocycles. The molecule has 0 aliphatic heterocycles.